The highest BCUT2D eigenvalue weighted by atomic mass is 19.1. The first-order chi connectivity index (χ1) is 12.9. The molecule has 1 atom stereocenters. The van der Waals surface area contributed by atoms with Crippen molar-refractivity contribution < 1.29 is 9.18 Å². The minimum absolute atomic E-state index is 0.100. The number of aryl methyl sites for hydroxylation is 2. The van der Waals surface area contributed by atoms with E-state index >= 15 is 0 Å². The summed E-state index contributed by atoms with van der Waals surface area (Å²) in [7, 11) is 0. The van der Waals surface area contributed by atoms with E-state index in [1.54, 1.807) is 16.8 Å². The van der Waals surface area contributed by atoms with Gasteiger partial charge in [0.2, 0.25) is 0 Å². The van der Waals surface area contributed by atoms with E-state index in [-0.39, 0.29) is 17.5 Å². The molecule has 4 nitrogen and oxygen atoms in total. The summed E-state index contributed by atoms with van der Waals surface area (Å²) in [4.78, 5) is 12.8. The van der Waals surface area contributed by atoms with Crippen LogP contribution in [0.5, 0.6) is 0 Å². The van der Waals surface area contributed by atoms with Crippen molar-refractivity contribution >= 4 is 17.3 Å². The largest absolute Gasteiger partial charge is 0.338 e. The third-order valence-corrected chi connectivity index (χ3v) is 5.18. The zero-order chi connectivity index (χ0) is 19.1. The van der Waals surface area contributed by atoms with Crippen LogP contribution in [0.25, 0.3) is 5.69 Å². The van der Waals surface area contributed by atoms with Gasteiger partial charge in [-0.05, 0) is 73.7 Å². The molecule has 0 spiro atoms. The van der Waals surface area contributed by atoms with Crippen LogP contribution in [0.2, 0.25) is 0 Å². The van der Waals surface area contributed by atoms with Crippen LogP contribution >= 0.6 is 0 Å². The molecule has 138 valence electrons. The summed E-state index contributed by atoms with van der Waals surface area (Å²) < 4.78 is 15.1. The summed E-state index contributed by atoms with van der Waals surface area (Å²) in [5.41, 5.74) is 5.57. The Morgan fingerprint density at radius 2 is 1.81 bits per heavy atom. The highest BCUT2D eigenvalue weighted by Crippen LogP contribution is 2.34. The van der Waals surface area contributed by atoms with Gasteiger partial charge in [0.25, 0.3) is 0 Å². The fourth-order valence-electron chi connectivity index (χ4n) is 3.59. The highest BCUT2D eigenvalue weighted by Gasteiger charge is 2.31. The smallest absolute Gasteiger partial charge is 0.168 e. The average molecular weight is 363 g/mol. The van der Waals surface area contributed by atoms with E-state index in [1.807, 2.05) is 12.1 Å². The van der Waals surface area contributed by atoms with Crippen LogP contribution in [0.1, 0.15) is 40.5 Å². The molecule has 2 aromatic carbocycles. The Bertz CT molecular complexity index is 1020. The summed E-state index contributed by atoms with van der Waals surface area (Å²) in [5.74, 6) is 0.631. The van der Waals surface area contributed by atoms with Gasteiger partial charge in [-0.2, -0.15) is 0 Å². The maximum Gasteiger partial charge on any atom is 0.168 e. The molecule has 3 aromatic rings. The van der Waals surface area contributed by atoms with Crippen molar-refractivity contribution in [3.63, 3.8) is 0 Å². The van der Waals surface area contributed by atoms with Gasteiger partial charge in [0.1, 0.15) is 5.82 Å². The maximum atomic E-state index is 13.3. The molecular formula is C22H22FN3O. The molecule has 0 radical (unpaired) electrons. The van der Waals surface area contributed by atoms with Crippen molar-refractivity contribution in [2.24, 2.45) is 5.92 Å². The van der Waals surface area contributed by atoms with Gasteiger partial charge in [0.05, 0.1) is 16.9 Å². The molecule has 5 heteroatoms. The van der Waals surface area contributed by atoms with Crippen molar-refractivity contribution in [1.82, 2.24) is 9.78 Å². The molecular weight excluding hydrogens is 341 g/mol. The van der Waals surface area contributed by atoms with Gasteiger partial charge in [-0.1, -0.05) is 13.0 Å². The lowest BCUT2D eigenvalue weighted by Crippen LogP contribution is -2.19. The second kappa shape index (κ2) is 6.65. The van der Waals surface area contributed by atoms with E-state index in [1.165, 1.54) is 23.3 Å². The Morgan fingerprint density at radius 1 is 1.07 bits per heavy atom. The quantitative estimate of drug-likeness (QED) is 0.701. The van der Waals surface area contributed by atoms with Crippen molar-refractivity contribution in [2.45, 2.75) is 33.6 Å². The van der Waals surface area contributed by atoms with Gasteiger partial charge in [-0.3, -0.25) is 4.79 Å². The molecule has 27 heavy (non-hydrogen) atoms. The number of carbonyl (C=O) groups excluding carboxylic acids is 1. The van der Waals surface area contributed by atoms with E-state index in [4.69, 9.17) is 0 Å². The summed E-state index contributed by atoms with van der Waals surface area (Å²) in [5, 5.41) is 8.01. The predicted octanol–water partition coefficient (Wildman–Crippen LogP) is 5.14. The summed E-state index contributed by atoms with van der Waals surface area (Å²) in [6, 6.07) is 12.3. The number of anilines is 2. The van der Waals surface area contributed by atoms with Gasteiger partial charge in [0, 0.05) is 12.1 Å². The molecule has 0 saturated heterocycles. The van der Waals surface area contributed by atoms with Crippen LogP contribution in [-0.4, -0.2) is 15.6 Å². The lowest BCUT2D eigenvalue weighted by atomic mass is 9.87. The Kier molecular flexibility index (Phi) is 4.30. The third-order valence-electron chi connectivity index (χ3n) is 5.18. The third kappa shape index (κ3) is 3.25. The molecule has 1 aromatic heterocycles. The van der Waals surface area contributed by atoms with Gasteiger partial charge < -0.3 is 5.32 Å². The first kappa shape index (κ1) is 17.5. The van der Waals surface area contributed by atoms with E-state index < -0.39 is 0 Å². The molecule has 0 bridgehead atoms. The van der Waals surface area contributed by atoms with Crippen LogP contribution in [0, 0.1) is 25.6 Å². The molecule has 1 aliphatic carbocycles. The van der Waals surface area contributed by atoms with Crippen molar-refractivity contribution in [1.29, 1.82) is 0 Å². The first-order valence-electron chi connectivity index (χ1n) is 9.17. The Hall–Kier alpha value is -2.95. The second-order valence-corrected chi connectivity index (χ2v) is 7.42. The molecule has 0 amide bonds. The van der Waals surface area contributed by atoms with Gasteiger partial charge in [-0.15, -0.1) is 5.10 Å². The predicted molar refractivity (Wildman–Crippen MR) is 105 cm³/mol. The second-order valence-electron chi connectivity index (χ2n) is 7.42. The van der Waals surface area contributed by atoms with Crippen molar-refractivity contribution in [2.75, 3.05) is 5.32 Å². The van der Waals surface area contributed by atoms with Gasteiger partial charge in [-0.25, -0.2) is 9.07 Å². The zero-order valence-corrected chi connectivity index (χ0v) is 15.7. The number of benzene rings is 2. The Morgan fingerprint density at radius 3 is 2.52 bits per heavy atom. The number of hydrogen-bond acceptors (Lipinski definition) is 3. The van der Waals surface area contributed by atoms with Crippen LogP contribution in [0.3, 0.4) is 0 Å². The lowest BCUT2D eigenvalue weighted by Gasteiger charge is -2.19. The SMILES string of the molecule is Cc1ccc(Nc2nn(-c3ccc(F)cc3)c3c2C(=O)C[C@H](C)C3)cc1C. The number of halogens is 1. The molecule has 1 heterocycles. The van der Waals surface area contributed by atoms with E-state index in [0.29, 0.717) is 17.8 Å². The Labute approximate surface area is 158 Å². The first-order valence-corrected chi connectivity index (χ1v) is 9.17. The average Bonchev–Trinajstić information content (AvgIpc) is 2.97. The summed E-state index contributed by atoms with van der Waals surface area (Å²) in [6.45, 7) is 6.19. The molecule has 1 N–H and O–H groups in total. The number of ketones is 1. The van der Waals surface area contributed by atoms with E-state index in [2.05, 4.69) is 37.3 Å². The molecule has 0 unspecified atom stereocenters. The zero-order valence-electron chi connectivity index (χ0n) is 15.7. The standard InChI is InChI=1S/C22H22FN3O/c1-13-10-19-21(20(27)11-13)22(24-17-7-4-14(2)15(3)12-17)25-26(19)18-8-5-16(23)6-9-18/h4-9,12-13H,10-11H2,1-3H3,(H,24,25)/t13-/m1/s1. The number of hydrogen-bond donors (Lipinski definition) is 1. The maximum absolute atomic E-state index is 13.3. The highest BCUT2D eigenvalue weighted by molar-refractivity contribution is 6.03. The number of nitrogens with zero attached hydrogens (tertiary/aromatic N) is 2. The molecule has 0 aliphatic heterocycles. The summed E-state index contributed by atoms with van der Waals surface area (Å²) in [6.07, 6.45) is 1.28. The topological polar surface area (TPSA) is 46.9 Å². The number of carbonyl (C=O) groups is 1. The van der Waals surface area contributed by atoms with Crippen LogP contribution in [0.15, 0.2) is 42.5 Å². The van der Waals surface area contributed by atoms with Gasteiger partial charge in [0.15, 0.2) is 11.6 Å². The number of nitrogens with one attached hydrogen (secondary N) is 1. The lowest BCUT2D eigenvalue weighted by molar-refractivity contribution is 0.0953. The molecule has 1 aliphatic rings. The van der Waals surface area contributed by atoms with Crippen LogP contribution in [0.4, 0.5) is 15.9 Å². The van der Waals surface area contributed by atoms with Gasteiger partial charge >= 0.3 is 0 Å². The van der Waals surface area contributed by atoms with Crippen molar-refractivity contribution in [3.05, 3.63) is 70.7 Å². The van der Waals surface area contributed by atoms with Crippen LogP contribution < -0.4 is 5.32 Å². The van der Waals surface area contributed by atoms with Crippen LogP contribution in [-0.2, 0) is 6.42 Å². The summed E-state index contributed by atoms with van der Waals surface area (Å²) >= 11 is 0. The van der Waals surface area contributed by atoms with Crippen molar-refractivity contribution in [3.8, 4) is 5.69 Å². The molecule has 0 fully saturated rings. The minimum atomic E-state index is -0.294. The number of rotatable bonds is 3. The number of fused-ring (bicyclic) bond motifs is 1. The normalized spacial score (nSPS) is 16.3. The Balaban J connectivity index is 1.82. The fourth-order valence-corrected chi connectivity index (χ4v) is 3.59. The number of Topliss-reactive ketones (excluding diaryl/α,β-unsaturated/α-hetero) is 1. The van der Waals surface area contributed by atoms with E-state index in [9.17, 15) is 9.18 Å². The minimum Gasteiger partial charge on any atom is -0.338 e. The monoisotopic (exact) mass is 363 g/mol. The fraction of sp³-hybridized carbons (Fsp3) is 0.273. The molecule has 4 rings (SSSR count). The number of aromatic nitrogens is 2. The van der Waals surface area contributed by atoms with E-state index in [0.717, 1.165) is 23.5 Å². The molecule has 0 saturated carbocycles.